The van der Waals surface area contributed by atoms with Crippen LogP contribution in [0.3, 0.4) is 0 Å². The lowest BCUT2D eigenvalue weighted by Crippen LogP contribution is -2.46. The van der Waals surface area contributed by atoms with Crippen LogP contribution in [0, 0.1) is 40.4 Å². The fourth-order valence-corrected chi connectivity index (χ4v) is 15.0. The van der Waals surface area contributed by atoms with Crippen LogP contribution < -0.4 is 25.3 Å². The van der Waals surface area contributed by atoms with E-state index in [1.807, 2.05) is 24.3 Å². The number of aromatic hydroxyl groups is 2. The third-order valence-corrected chi connectivity index (χ3v) is 18.3. The van der Waals surface area contributed by atoms with Crippen LogP contribution in [0.15, 0.2) is 53.5 Å². The summed E-state index contributed by atoms with van der Waals surface area (Å²) < 4.78 is 20.3. The fourth-order valence-electron chi connectivity index (χ4n) is 15.0. The van der Waals surface area contributed by atoms with Gasteiger partial charge in [-0.05, 0) is 182 Å². The number of rotatable bonds is 4. The molecule has 0 aromatic heterocycles. The number of benzene rings is 3. The van der Waals surface area contributed by atoms with Gasteiger partial charge in [-0.15, -0.1) is 0 Å². The Kier molecular flexibility index (Phi) is 13.7. The van der Waals surface area contributed by atoms with E-state index >= 15 is 0 Å². The van der Waals surface area contributed by atoms with Gasteiger partial charge >= 0.3 is 0 Å². The summed E-state index contributed by atoms with van der Waals surface area (Å²) in [7, 11) is 1.72. The third kappa shape index (κ3) is 9.46. The molecule has 3 saturated carbocycles. The van der Waals surface area contributed by atoms with Crippen LogP contribution in [0.1, 0.15) is 157 Å². The Morgan fingerprint density at radius 1 is 0.855 bits per heavy atom. The van der Waals surface area contributed by atoms with E-state index in [2.05, 4.69) is 44.3 Å². The predicted octanol–water partition coefficient (Wildman–Crippen LogP) is 9.96. The van der Waals surface area contributed by atoms with Gasteiger partial charge in [0, 0.05) is 42.6 Å². The van der Waals surface area contributed by atoms with Crippen molar-refractivity contribution in [1.82, 2.24) is 5.32 Å². The van der Waals surface area contributed by atoms with Gasteiger partial charge in [-0.25, -0.2) is 0 Å². The van der Waals surface area contributed by atoms with E-state index < -0.39 is 18.3 Å². The quantitative estimate of drug-likeness (QED) is 0.125. The highest BCUT2D eigenvalue weighted by Crippen LogP contribution is 2.58. The molecular weight excluding hydrogens is 867 g/mol. The minimum atomic E-state index is -0.896. The van der Waals surface area contributed by atoms with Crippen LogP contribution in [0.5, 0.6) is 28.7 Å². The molecule has 13 rings (SSSR count). The first-order chi connectivity index (χ1) is 33.3. The van der Waals surface area contributed by atoms with E-state index in [1.165, 1.54) is 0 Å². The van der Waals surface area contributed by atoms with Crippen LogP contribution in [-0.4, -0.2) is 76.1 Å². The predicted molar refractivity (Wildman–Crippen MR) is 270 cm³/mol. The van der Waals surface area contributed by atoms with Gasteiger partial charge in [0.15, 0.2) is 17.5 Å². The molecule has 3 aromatic carbocycles. The zero-order chi connectivity index (χ0) is 48.2. The number of guanidine groups is 1. The molecule has 374 valence electrons. The molecule has 11 nitrogen and oxygen atoms in total. The lowest BCUT2D eigenvalue weighted by Gasteiger charge is -2.46. The Morgan fingerprint density at radius 2 is 1.67 bits per heavy atom. The maximum absolute atomic E-state index is 12.3. The van der Waals surface area contributed by atoms with Crippen molar-refractivity contribution in [3.63, 3.8) is 0 Å². The van der Waals surface area contributed by atoms with E-state index in [0.29, 0.717) is 78.7 Å². The largest absolute Gasteiger partial charge is 0.508 e. The number of hydrogen-bond donors (Lipinski definition) is 7. The van der Waals surface area contributed by atoms with Crippen LogP contribution >= 0.6 is 0 Å². The SMILES string of the molecule is CC[C@H]1C[C@H]2C=C[C@@H]1C[C@H](O)CC1(CCCC1)CN=C(N)NCC[C@@H]1[C@@H](CCC[C@]13CC[C@@H](O)C3)Oc1cc(ccc1O)[C@@H]1Oc3cc(OC)c4c(c3C[C@H]1O)[C@H]2Cc1cc(O)c(CC(C)C)cc1-4. The zero-order valence-electron chi connectivity index (χ0n) is 41.6. The van der Waals surface area contributed by atoms with Crippen molar-refractivity contribution in [3.8, 4) is 39.9 Å². The number of aliphatic hydroxyl groups excluding tert-OH is 3. The Balaban J connectivity index is 1.07. The highest BCUT2D eigenvalue weighted by molar-refractivity contribution is 5.84. The molecule has 8 bridgehead atoms. The molecule has 5 aliphatic carbocycles. The second kappa shape index (κ2) is 19.6. The molecule has 11 atom stereocenters. The Morgan fingerprint density at radius 3 is 2.42 bits per heavy atom. The molecule has 8 N–H and O–H groups in total. The highest BCUT2D eigenvalue weighted by atomic mass is 16.5. The summed E-state index contributed by atoms with van der Waals surface area (Å²) in [4.78, 5) is 4.97. The summed E-state index contributed by atoms with van der Waals surface area (Å²) in [6.07, 6.45) is 17.7. The standard InChI is InChI=1S/C58H79N3O8/c1-5-34-22-36-11-10-35(34)23-41(63)30-57(16-6-7-17-57)32-61-56(59)60-20-15-45-49(9-8-18-58(45)19-14-40(62)31-58)68-51-27-37(12-13-46(51)64)55-48(66)28-44-50(69-55)29-52(67-4)54-43-25-39(21-33(2)3)47(65)26-38(43)24-42(36)53(44)54/h10-13,25-27,29,33-36,40-42,45,48-49,55,62-66H,5-9,14-24,28,30-32H2,1-4H3,(H3,59,60,61)/t34-,35+,36+,40+,41-,42-,45+,48+,49+,55-,58+/m0/s1. The summed E-state index contributed by atoms with van der Waals surface area (Å²) >= 11 is 0. The number of phenolic OH excluding ortho intramolecular Hbond substituents is 2. The Labute approximate surface area is 410 Å². The fraction of sp³-hybridized carbons (Fsp3) is 0.638. The molecule has 5 aliphatic heterocycles. The summed E-state index contributed by atoms with van der Waals surface area (Å²) in [5.41, 5.74) is 13.4. The molecule has 0 amide bonds. The summed E-state index contributed by atoms with van der Waals surface area (Å²) in [6.45, 7) is 7.82. The van der Waals surface area contributed by atoms with Crippen molar-refractivity contribution in [2.24, 2.45) is 51.1 Å². The van der Waals surface area contributed by atoms with Crippen LogP contribution in [0.4, 0.5) is 0 Å². The summed E-state index contributed by atoms with van der Waals surface area (Å²) in [5.74, 6) is 3.80. The Bertz CT molecular complexity index is 2410. The number of hydrogen-bond acceptors (Lipinski definition) is 11. The van der Waals surface area contributed by atoms with E-state index in [1.54, 1.807) is 13.2 Å². The van der Waals surface area contributed by atoms with Gasteiger partial charge in [0.05, 0.1) is 25.4 Å². The number of aliphatic hydroxyl groups is 3. The van der Waals surface area contributed by atoms with E-state index in [9.17, 15) is 25.5 Å². The number of nitrogens with one attached hydrogen (secondary N) is 1. The molecule has 0 radical (unpaired) electrons. The number of aliphatic imine (C=N–C) groups is 1. The molecule has 0 saturated heterocycles. The number of phenols is 2. The van der Waals surface area contributed by atoms with Crippen LogP contribution in [0.25, 0.3) is 11.1 Å². The minimum absolute atomic E-state index is 0.0221. The van der Waals surface area contributed by atoms with Crippen LogP contribution in [0.2, 0.25) is 0 Å². The van der Waals surface area contributed by atoms with E-state index in [-0.39, 0.29) is 52.5 Å². The summed E-state index contributed by atoms with van der Waals surface area (Å²) in [5, 5.41) is 61.6. The zero-order valence-corrected chi connectivity index (χ0v) is 41.6. The van der Waals surface area contributed by atoms with Crippen molar-refractivity contribution >= 4 is 5.96 Å². The smallest absolute Gasteiger partial charge is 0.188 e. The second-order valence-corrected chi connectivity index (χ2v) is 23.2. The van der Waals surface area contributed by atoms with Crippen molar-refractivity contribution in [2.75, 3.05) is 20.2 Å². The highest BCUT2D eigenvalue weighted by Gasteiger charge is 2.50. The van der Waals surface area contributed by atoms with Crippen molar-refractivity contribution in [2.45, 2.75) is 173 Å². The normalized spacial score (nSPS) is 33.1. The van der Waals surface area contributed by atoms with Gasteiger partial charge in [-0.3, -0.25) is 4.99 Å². The number of allylic oxidation sites excluding steroid dienone is 2. The first kappa shape index (κ1) is 48.2. The summed E-state index contributed by atoms with van der Waals surface area (Å²) in [6, 6.07) is 11.5. The first-order valence-electron chi connectivity index (χ1n) is 26.8. The molecule has 3 fully saturated rings. The van der Waals surface area contributed by atoms with Crippen molar-refractivity contribution in [1.29, 1.82) is 0 Å². The van der Waals surface area contributed by atoms with Gasteiger partial charge in [-0.1, -0.05) is 58.3 Å². The second-order valence-electron chi connectivity index (χ2n) is 23.2. The van der Waals surface area contributed by atoms with Gasteiger partial charge in [0.1, 0.15) is 29.5 Å². The van der Waals surface area contributed by atoms with E-state index in [4.69, 9.17) is 24.9 Å². The number of nitrogens with zero attached hydrogens (tertiary/aromatic N) is 1. The number of fused-ring (bicyclic) bond motifs is 2. The lowest BCUT2D eigenvalue weighted by atomic mass is 9.62. The monoisotopic (exact) mass is 946 g/mol. The van der Waals surface area contributed by atoms with Crippen LogP contribution in [-0.2, 0) is 19.3 Å². The van der Waals surface area contributed by atoms with Crippen molar-refractivity contribution in [3.05, 3.63) is 76.4 Å². The molecule has 10 aliphatic rings. The van der Waals surface area contributed by atoms with Gasteiger partial charge in [0.2, 0.25) is 0 Å². The molecule has 3 aromatic rings. The molecule has 5 heterocycles. The van der Waals surface area contributed by atoms with Gasteiger partial charge in [0.25, 0.3) is 0 Å². The molecule has 11 heteroatoms. The average Bonchev–Trinajstić information content (AvgIpc) is 3.95. The Hall–Kier alpha value is -4.45. The van der Waals surface area contributed by atoms with E-state index in [0.717, 1.165) is 130 Å². The average molecular weight is 946 g/mol. The lowest BCUT2D eigenvalue weighted by molar-refractivity contribution is -0.0218. The first-order valence-corrected chi connectivity index (χ1v) is 26.8. The minimum Gasteiger partial charge on any atom is -0.508 e. The molecule has 0 unspecified atom stereocenters. The third-order valence-electron chi connectivity index (χ3n) is 18.3. The molecule has 69 heavy (non-hydrogen) atoms. The maximum Gasteiger partial charge on any atom is 0.188 e. The van der Waals surface area contributed by atoms with Crippen molar-refractivity contribution < 1.29 is 39.7 Å². The number of nitrogens with two attached hydrogens (primary N) is 1. The maximum atomic E-state index is 12.3. The topological polar surface area (TPSA) is 179 Å². The molecular formula is C58H79N3O8. The number of methoxy groups -OCH3 is 1. The molecule has 2 spiro atoms. The van der Waals surface area contributed by atoms with Gasteiger partial charge < -0.3 is 50.8 Å². The number of ether oxygens (including phenoxy) is 3. The van der Waals surface area contributed by atoms with Gasteiger partial charge in [-0.2, -0.15) is 0 Å².